The summed E-state index contributed by atoms with van der Waals surface area (Å²) in [5.41, 5.74) is -1.21. The molecule has 7 nitrogen and oxygen atoms in total. The second-order valence-corrected chi connectivity index (χ2v) is 5.54. The number of hydrogen-bond acceptors (Lipinski definition) is 6. The minimum atomic E-state index is -2.21. The van der Waals surface area contributed by atoms with Crippen LogP contribution in [0.3, 0.4) is 0 Å². The Morgan fingerprint density at radius 3 is 2.64 bits per heavy atom. The van der Waals surface area contributed by atoms with Crippen LogP contribution in [-0.2, 0) is 10.4 Å². The number of carbonyl (C=O) groups is 1. The normalized spacial score (nSPS) is 18.8. The summed E-state index contributed by atoms with van der Waals surface area (Å²) >= 11 is 0. The number of carbonyl (C=O) groups excluding carboxylic acids is 1. The van der Waals surface area contributed by atoms with Gasteiger partial charge < -0.3 is 20.1 Å². The number of rotatable bonds is 3. The Bertz CT molecular complexity index is 881. The van der Waals surface area contributed by atoms with E-state index in [0.717, 1.165) is 24.5 Å². The van der Waals surface area contributed by atoms with E-state index in [9.17, 15) is 24.5 Å². The number of aromatic hydroxyl groups is 2. The number of hydroxylamine groups is 1. The maximum Gasteiger partial charge on any atom is 0.246 e. The third kappa shape index (κ3) is 2.77. The number of ether oxygens (including phenoxy) is 1. The lowest BCUT2D eigenvalue weighted by Crippen LogP contribution is -2.37. The van der Waals surface area contributed by atoms with E-state index in [4.69, 9.17) is 9.94 Å². The molecule has 0 aromatic heterocycles. The van der Waals surface area contributed by atoms with E-state index in [0.29, 0.717) is 0 Å². The Balaban J connectivity index is 2.24. The van der Waals surface area contributed by atoms with Crippen LogP contribution >= 0.6 is 0 Å². The van der Waals surface area contributed by atoms with Gasteiger partial charge in [0, 0.05) is 23.3 Å². The predicted molar refractivity (Wildman–Crippen MR) is 83.2 cm³/mol. The van der Waals surface area contributed by atoms with Crippen LogP contribution in [0.25, 0.3) is 5.57 Å². The molecule has 0 saturated heterocycles. The van der Waals surface area contributed by atoms with E-state index in [1.807, 2.05) is 0 Å². The van der Waals surface area contributed by atoms with Gasteiger partial charge in [-0.3, -0.25) is 10.0 Å². The van der Waals surface area contributed by atoms with Crippen LogP contribution in [-0.4, -0.2) is 26.4 Å². The molecule has 0 aliphatic carbocycles. The van der Waals surface area contributed by atoms with Crippen molar-refractivity contribution in [2.24, 2.45) is 0 Å². The minimum Gasteiger partial charge on any atom is -0.508 e. The summed E-state index contributed by atoms with van der Waals surface area (Å²) < 4.78 is 19.5. The van der Waals surface area contributed by atoms with Gasteiger partial charge in [-0.05, 0) is 6.07 Å². The maximum atomic E-state index is 14.2. The smallest absolute Gasteiger partial charge is 0.246 e. The predicted octanol–water partition coefficient (Wildman–Crippen LogP) is 1.75. The largest absolute Gasteiger partial charge is 0.508 e. The van der Waals surface area contributed by atoms with Crippen molar-refractivity contribution < 1.29 is 34.4 Å². The molecular weight excluding hydrogens is 333 g/mol. The van der Waals surface area contributed by atoms with E-state index >= 15 is 0 Å². The van der Waals surface area contributed by atoms with Crippen LogP contribution in [0, 0.1) is 5.82 Å². The third-order valence-electron chi connectivity index (χ3n) is 3.93. The fraction of sp³-hybridized carbons (Fsp3) is 0.118. The number of fused-ring (bicyclic) bond motifs is 1. The first-order valence-corrected chi connectivity index (χ1v) is 7.21. The lowest BCUT2D eigenvalue weighted by molar-refractivity contribution is -0.133. The molecule has 1 aliphatic heterocycles. The number of phenols is 2. The maximum absolute atomic E-state index is 14.2. The first-order valence-electron chi connectivity index (χ1n) is 7.21. The van der Waals surface area contributed by atoms with E-state index < -0.39 is 29.5 Å². The van der Waals surface area contributed by atoms with E-state index in [1.54, 1.807) is 0 Å². The molecule has 1 unspecified atom stereocenters. The summed E-state index contributed by atoms with van der Waals surface area (Å²) in [6.07, 6.45) is 0.308. The van der Waals surface area contributed by atoms with Crippen molar-refractivity contribution in [3.8, 4) is 17.2 Å². The van der Waals surface area contributed by atoms with Crippen LogP contribution in [0.5, 0.6) is 17.2 Å². The highest BCUT2D eigenvalue weighted by Gasteiger charge is 2.45. The van der Waals surface area contributed by atoms with Crippen molar-refractivity contribution in [3.05, 3.63) is 59.6 Å². The average Bonchev–Trinajstić information content (AvgIpc) is 2.55. The first-order chi connectivity index (χ1) is 11.9. The number of aliphatic hydroxyl groups is 1. The summed E-state index contributed by atoms with van der Waals surface area (Å²) in [5.74, 6) is -2.63. The topological polar surface area (TPSA) is 119 Å². The zero-order valence-electron chi connectivity index (χ0n) is 12.7. The summed E-state index contributed by atoms with van der Waals surface area (Å²) in [7, 11) is 0. The monoisotopic (exact) mass is 347 g/mol. The molecule has 2 aromatic carbocycles. The molecule has 0 fully saturated rings. The fourth-order valence-corrected chi connectivity index (χ4v) is 2.87. The number of hydrogen-bond donors (Lipinski definition) is 5. The zero-order chi connectivity index (χ0) is 18.2. The number of benzene rings is 2. The summed E-state index contributed by atoms with van der Waals surface area (Å²) in [4.78, 5) is 11.7. The first kappa shape index (κ1) is 16.7. The number of nitrogens with one attached hydrogen (secondary N) is 1. The molecule has 130 valence electrons. The molecule has 1 amide bonds. The Hall–Kier alpha value is -3.10. The Kier molecular flexibility index (Phi) is 4.07. The van der Waals surface area contributed by atoms with Gasteiger partial charge >= 0.3 is 0 Å². The van der Waals surface area contributed by atoms with Gasteiger partial charge in [0.25, 0.3) is 0 Å². The molecule has 1 heterocycles. The fourth-order valence-electron chi connectivity index (χ4n) is 2.87. The third-order valence-corrected chi connectivity index (χ3v) is 3.93. The second-order valence-electron chi connectivity index (χ2n) is 5.54. The van der Waals surface area contributed by atoms with Crippen LogP contribution < -0.4 is 10.2 Å². The van der Waals surface area contributed by atoms with Crippen LogP contribution in [0.4, 0.5) is 4.39 Å². The molecule has 0 saturated carbocycles. The van der Waals surface area contributed by atoms with E-state index in [-0.39, 0.29) is 28.2 Å². The molecule has 0 bridgehead atoms. The molecule has 0 spiro atoms. The van der Waals surface area contributed by atoms with Gasteiger partial charge in [-0.25, -0.2) is 9.87 Å². The molecule has 1 aliphatic rings. The van der Waals surface area contributed by atoms with E-state index in [2.05, 4.69) is 0 Å². The van der Waals surface area contributed by atoms with Crippen molar-refractivity contribution in [1.82, 2.24) is 5.48 Å². The Morgan fingerprint density at radius 1 is 1.24 bits per heavy atom. The lowest BCUT2D eigenvalue weighted by Gasteiger charge is -2.35. The van der Waals surface area contributed by atoms with Gasteiger partial charge in [0.2, 0.25) is 5.91 Å². The van der Waals surface area contributed by atoms with Crippen molar-refractivity contribution >= 4 is 11.5 Å². The van der Waals surface area contributed by atoms with Crippen molar-refractivity contribution in [2.45, 2.75) is 12.0 Å². The number of amides is 1. The molecule has 0 radical (unpaired) electrons. The number of halogens is 1. The van der Waals surface area contributed by atoms with Crippen molar-refractivity contribution in [1.29, 1.82) is 0 Å². The highest BCUT2D eigenvalue weighted by molar-refractivity contribution is 5.85. The SMILES string of the molecule is O=C(CC1(O)C(c2ccccc2F)=COc2cc(O)cc(O)c21)NO. The van der Waals surface area contributed by atoms with Crippen molar-refractivity contribution in [3.63, 3.8) is 0 Å². The molecule has 3 rings (SSSR count). The van der Waals surface area contributed by atoms with Crippen molar-refractivity contribution in [2.75, 3.05) is 0 Å². The molecule has 1 atom stereocenters. The molecular formula is C17H14FNO6. The van der Waals surface area contributed by atoms with Gasteiger partial charge in [0.15, 0.2) is 0 Å². The summed E-state index contributed by atoms with van der Waals surface area (Å²) in [6, 6.07) is 7.59. The van der Waals surface area contributed by atoms with Gasteiger partial charge in [0.1, 0.15) is 28.7 Å². The molecule has 8 heteroatoms. The van der Waals surface area contributed by atoms with Gasteiger partial charge in [0.05, 0.1) is 18.2 Å². The lowest BCUT2D eigenvalue weighted by atomic mass is 9.78. The Labute approximate surface area is 141 Å². The quantitative estimate of drug-likeness (QED) is 0.426. The van der Waals surface area contributed by atoms with Gasteiger partial charge in [-0.15, -0.1) is 0 Å². The van der Waals surface area contributed by atoms with Crippen LogP contribution in [0.15, 0.2) is 42.7 Å². The van der Waals surface area contributed by atoms with Crippen LogP contribution in [0.1, 0.15) is 17.5 Å². The second kappa shape index (κ2) is 6.08. The Morgan fingerprint density at radius 2 is 1.96 bits per heavy atom. The molecule has 5 N–H and O–H groups in total. The van der Waals surface area contributed by atoms with Gasteiger partial charge in [-0.2, -0.15) is 0 Å². The summed E-state index contributed by atoms with van der Waals surface area (Å²) in [6.45, 7) is 0. The highest BCUT2D eigenvalue weighted by Crippen LogP contribution is 2.51. The van der Waals surface area contributed by atoms with E-state index in [1.165, 1.54) is 23.7 Å². The average molecular weight is 347 g/mol. The standard InChI is InChI=1S/C17H14FNO6/c18-12-4-2-1-3-10(12)11-8-25-14-6-9(20)5-13(21)16(14)17(11,23)7-15(22)19-24/h1-6,8,20-21,23-24H,7H2,(H,19,22). The zero-order valence-corrected chi connectivity index (χ0v) is 12.7. The minimum absolute atomic E-state index is 0.0473. The molecule has 2 aromatic rings. The molecule has 25 heavy (non-hydrogen) atoms. The van der Waals surface area contributed by atoms with Crippen LogP contribution in [0.2, 0.25) is 0 Å². The van der Waals surface area contributed by atoms with Gasteiger partial charge in [-0.1, -0.05) is 18.2 Å². The highest BCUT2D eigenvalue weighted by atomic mass is 19.1. The number of phenolic OH excluding ortho intramolecular Hbond substituents is 2. The summed E-state index contributed by atoms with van der Waals surface area (Å²) in [5, 5.41) is 39.8.